The quantitative estimate of drug-likeness (QED) is 0.626. The summed E-state index contributed by atoms with van der Waals surface area (Å²) in [5, 5.41) is 7.78. The fourth-order valence-corrected chi connectivity index (χ4v) is 6.62. The fraction of sp³-hybridized carbons (Fsp3) is 0.679. The molecule has 0 radical (unpaired) electrons. The molecule has 2 aromatic rings. The molecule has 1 N–H and O–H groups in total. The van der Waals surface area contributed by atoms with Crippen LogP contribution in [-0.4, -0.2) is 82.7 Å². The van der Waals surface area contributed by atoms with Crippen molar-refractivity contribution in [2.45, 2.75) is 81.3 Å². The van der Waals surface area contributed by atoms with Crippen LogP contribution in [0.2, 0.25) is 0 Å². The van der Waals surface area contributed by atoms with Gasteiger partial charge in [0.05, 0.1) is 6.04 Å². The number of hydrogen-bond donors (Lipinski definition) is 1. The van der Waals surface area contributed by atoms with Crippen molar-refractivity contribution in [3.05, 3.63) is 47.6 Å². The van der Waals surface area contributed by atoms with Crippen LogP contribution in [0, 0.1) is 0 Å². The summed E-state index contributed by atoms with van der Waals surface area (Å²) < 4.78 is 5.64. The van der Waals surface area contributed by atoms with Crippen LogP contribution < -0.4 is 5.32 Å². The third-order valence-electron chi connectivity index (χ3n) is 9.13. The van der Waals surface area contributed by atoms with Gasteiger partial charge in [-0.1, -0.05) is 41.9 Å². The Bertz CT molecular complexity index is 1000. The molecule has 1 saturated carbocycles. The van der Waals surface area contributed by atoms with Crippen LogP contribution in [-0.2, 0) is 0 Å². The van der Waals surface area contributed by atoms with E-state index < -0.39 is 0 Å². The first kappa shape index (κ1) is 23.9. The second-order valence-corrected chi connectivity index (χ2v) is 11.4. The second-order valence-electron chi connectivity index (χ2n) is 11.4. The van der Waals surface area contributed by atoms with E-state index in [1.54, 1.807) is 0 Å². The average Bonchev–Trinajstić information content (AvgIpc) is 3.43. The molecule has 4 fully saturated rings. The molecule has 4 aliphatic rings. The molecule has 3 atom stereocenters. The van der Waals surface area contributed by atoms with E-state index in [2.05, 4.69) is 51.6 Å². The van der Waals surface area contributed by atoms with Crippen LogP contribution in [0.4, 0.5) is 4.79 Å². The van der Waals surface area contributed by atoms with Gasteiger partial charge in [-0.05, 0) is 57.6 Å². The number of fused-ring (bicyclic) bond motifs is 2. The minimum Gasteiger partial charge on any atom is -0.339 e. The SMILES string of the molecule is CN1CCN(C(=O)NC(CCN2C3CCC2CC(c2noc(C4CCC4)n2)C3)c2ccccc2)CC1. The zero-order valence-corrected chi connectivity index (χ0v) is 21.5. The van der Waals surface area contributed by atoms with Crippen LogP contribution in [0.3, 0.4) is 0 Å². The molecule has 8 nitrogen and oxygen atoms in total. The van der Waals surface area contributed by atoms with Crippen molar-refractivity contribution >= 4 is 6.03 Å². The topological polar surface area (TPSA) is 77.7 Å². The van der Waals surface area contributed by atoms with E-state index in [0.29, 0.717) is 23.9 Å². The summed E-state index contributed by atoms with van der Waals surface area (Å²) in [6.45, 7) is 4.46. The van der Waals surface area contributed by atoms with Gasteiger partial charge in [0.25, 0.3) is 0 Å². The van der Waals surface area contributed by atoms with E-state index in [1.807, 2.05) is 11.0 Å². The number of benzene rings is 1. The summed E-state index contributed by atoms with van der Waals surface area (Å²) >= 11 is 0. The number of piperidine rings is 1. The Morgan fingerprint density at radius 3 is 2.42 bits per heavy atom. The molecule has 0 spiro atoms. The lowest BCUT2D eigenvalue weighted by atomic mass is 9.85. The van der Waals surface area contributed by atoms with Gasteiger partial charge in [0.1, 0.15) is 0 Å². The first-order chi connectivity index (χ1) is 17.6. The number of piperazine rings is 1. The maximum Gasteiger partial charge on any atom is 0.317 e. The summed E-state index contributed by atoms with van der Waals surface area (Å²) in [7, 11) is 2.12. The van der Waals surface area contributed by atoms with Gasteiger partial charge in [-0.25, -0.2) is 4.79 Å². The molecule has 3 aliphatic heterocycles. The van der Waals surface area contributed by atoms with Crippen LogP contribution in [0.1, 0.15) is 86.5 Å². The zero-order valence-electron chi connectivity index (χ0n) is 21.5. The maximum absolute atomic E-state index is 13.1. The van der Waals surface area contributed by atoms with E-state index in [4.69, 9.17) is 9.51 Å². The van der Waals surface area contributed by atoms with E-state index in [0.717, 1.165) is 63.7 Å². The van der Waals surface area contributed by atoms with E-state index in [9.17, 15) is 4.79 Å². The summed E-state index contributed by atoms with van der Waals surface area (Å²) in [5.74, 6) is 2.72. The molecular formula is C28H40N6O2. The molecule has 6 rings (SSSR count). The second kappa shape index (κ2) is 10.5. The third kappa shape index (κ3) is 5.02. The molecule has 1 aromatic heterocycles. The average molecular weight is 493 g/mol. The molecule has 1 aromatic carbocycles. The molecule has 3 unspecified atom stereocenters. The minimum absolute atomic E-state index is 0.0257. The van der Waals surface area contributed by atoms with Gasteiger partial charge in [0.15, 0.2) is 5.82 Å². The van der Waals surface area contributed by atoms with Gasteiger partial charge in [-0.15, -0.1) is 0 Å². The van der Waals surface area contributed by atoms with Gasteiger partial charge in [-0.3, -0.25) is 4.90 Å². The van der Waals surface area contributed by atoms with E-state index in [-0.39, 0.29) is 12.1 Å². The van der Waals surface area contributed by atoms with Crippen molar-refractivity contribution in [1.82, 2.24) is 30.2 Å². The molecular weight excluding hydrogens is 452 g/mol. The predicted molar refractivity (Wildman–Crippen MR) is 138 cm³/mol. The Balaban J connectivity index is 1.08. The van der Waals surface area contributed by atoms with Crippen molar-refractivity contribution in [2.75, 3.05) is 39.8 Å². The largest absolute Gasteiger partial charge is 0.339 e. The van der Waals surface area contributed by atoms with Crippen molar-refractivity contribution in [3.8, 4) is 0 Å². The molecule has 36 heavy (non-hydrogen) atoms. The van der Waals surface area contributed by atoms with Gasteiger partial charge < -0.3 is 19.6 Å². The molecule has 8 heteroatoms. The number of hydrogen-bond acceptors (Lipinski definition) is 6. The normalized spacial score (nSPS) is 28.1. The lowest BCUT2D eigenvalue weighted by molar-refractivity contribution is 0.116. The van der Waals surface area contributed by atoms with Crippen LogP contribution in [0.25, 0.3) is 0 Å². The lowest BCUT2D eigenvalue weighted by Crippen LogP contribution is -2.51. The molecule has 4 heterocycles. The minimum atomic E-state index is 0.0257. The Labute approximate surface area is 214 Å². The Morgan fingerprint density at radius 1 is 1.03 bits per heavy atom. The van der Waals surface area contributed by atoms with Crippen LogP contribution in [0.5, 0.6) is 0 Å². The number of nitrogens with one attached hydrogen (secondary N) is 1. The van der Waals surface area contributed by atoms with Crippen LogP contribution in [0.15, 0.2) is 34.9 Å². The van der Waals surface area contributed by atoms with Crippen molar-refractivity contribution in [3.63, 3.8) is 0 Å². The lowest BCUT2D eigenvalue weighted by Gasteiger charge is -2.39. The number of aromatic nitrogens is 2. The molecule has 2 amide bonds. The number of likely N-dealkylation sites (N-methyl/N-ethyl adjacent to an activating group) is 1. The van der Waals surface area contributed by atoms with E-state index >= 15 is 0 Å². The number of carbonyl (C=O) groups is 1. The Kier molecular flexibility index (Phi) is 6.98. The van der Waals surface area contributed by atoms with Gasteiger partial charge >= 0.3 is 6.03 Å². The monoisotopic (exact) mass is 492 g/mol. The van der Waals surface area contributed by atoms with E-state index in [1.165, 1.54) is 37.7 Å². The number of urea groups is 1. The molecule has 1 aliphatic carbocycles. The molecule has 3 saturated heterocycles. The standard InChI is InChI=1S/C28H40N6O2/c1-32-14-16-33(17-15-32)28(35)29-25(20-6-3-2-4-7-20)12-13-34-23-10-11-24(34)19-22(18-23)26-30-27(36-31-26)21-8-5-9-21/h2-4,6-7,21-25H,5,8-19H2,1H3,(H,29,35). The van der Waals surface area contributed by atoms with Crippen molar-refractivity contribution < 1.29 is 9.32 Å². The Hall–Kier alpha value is -2.45. The summed E-state index contributed by atoms with van der Waals surface area (Å²) in [6.07, 6.45) is 9.32. The Morgan fingerprint density at radius 2 is 1.75 bits per heavy atom. The zero-order chi connectivity index (χ0) is 24.5. The fourth-order valence-electron chi connectivity index (χ4n) is 6.62. The number of amides is 2. The maximum atomic E-state index is 13.1. The number of rotatable bonds is 7. The number of nitrogens with zero attached hydrogens (tertiary/aromatic N) is 5. The summed E-state index contributed by atoms with van der Waals surface area (Å²) in [5.41, 5.74) is 1.19. The molecule has 2 bridgehead atoms. The van der Waals surface area contributed by atoms with Crippen molar-refractivity contribution in [1.29, 1.82) is 0 Å². The summed E-state index contributed by atoms with van der Waals surface area (Å²) in [6, 6.07) is 11.7. The highest BCUT2D eigenvalue weighted by molar-refractivity contribution is 5.74. The first-order valence-corrected chi connectivity index (χ1v) is 14.0. The van der Waals surface area contributed by atoms with Crippen LogP contribution >= 0.6 is 0 Å². The van der Waals surface area contributed by atoms with Gasteiger partial charge in [-0.2, -0.15) is 4.98 Å². The highest BCUT2D eigenvalue weighted by atomic mass is 16.5. The van der Waals surface area contributed by atoms with Crippen molar-refractivity contribution in [2.24, 2.45) is 0 Å². The first-order valence-electron chi connectivity index (χ1n) is 14.0. The smallest absolute Gasteiger partial charge is 0.317 e. The van der Waals surface area contributed by atoms with Gasteiger partial charge in [0, 0.05) is 56.6 Å². The highest BCUT2D eigenvalue weighted by Gasteiger charge is 2.42. The predicted octanol–water partition coefficient (Wildman–Crippen LogP) is 4.14. The highest BCUT2D eigenvalue weighted by Crippen LogP contribution is 2.43. The third-order valence-corrected chi connectivity index (χ3v) is 9.13. The molecule has 194 valence electrons. The van der Waals surface area contributed by atoms with Gasteiger partial charge in [0.2, 0.25) is 5.89 Å². The summed E-state index contributed by atoms with van der Waals surface area (Å²) in [4.78, 5) is 24.9. The number of carbonyl (C=O) groups excluding carboxylic acids is 1.